The monoisotopic (exact) mass is 381 g/mol. The lowest BCUT2D eigenvalue weighted by atomic mass is 10.0. The number of halogens is 1. The molecule has 0 aliphatic rings. The molecule has 1 N–H and O–H groups in total. The van der Waals surface area contributed by atoms with E-state index in [1.807, 2.05) is 26.0 Å². The lowest BCUT2D eigenvalue weighted by Gasteiger charge is -2.09. The van der Waals surface area contributed by atoms with E-state index in [4.69, 9.17) is 20.4 Å². The first-order valence-electron chi connectivity index (χ1n) is 8.42. The number of hydrogen-bond donors (Lipinski definition) is 1. The zero-order chi connectivity index (χ0) is 19.1. The topological polar surface area (TPSA) is 72.5 Å². The number of carbonyl (C=O) groups excluding carboxylic acids is 1. The predicted octanol–water partition coefficient (Wildman–Crippen LogP) is 4.74. The van der Waals surface area contributed by atoms with E-state index in [0.29, 0.717) is 21.8 Å². The molecule has 27 heavy (non-hydrogen) atoms. The average Bonchev–Trinajstić information content (AvgIpc) is 3.06. The molecule has 2 aromatic heterocycles. The van der Waals surface area contributed by atoms with Crippen LogP contribution in [0.4, 0.5) is 0 Å². The average molecular weight is 382 g/mol. The highest BCUT2D eigenvalue weighted by atomic mass is 35.5. The van der Waals surface area contributed by atoms with Gasteiger partial charge in [-0.2, -0.15) is 0 Å². The fraction of sp³-hybridized carbons (Fsp3) is 0.143. The van der Waals surface area contributed by atoms with E-state index in [2.05, 4.69) is 5.32 Å². The number of rotatable bonds is 3. The molecular formula is C21H16ClNO4. The van der Waals surface area contributed by atoms with Crippen molar-refractivity contribution in [2.45, 2.75) is 20.4 Å². The van der Waals surface area contributed by atoms with Gasteiger partial charge >= 0.3 is 5.63 Å². The van der Waals surface area contributed by atoms with E-state index >= 15 is 0 Å². The standard InChI is InChI=1S/C21H16ClNO4/c1-11-3-5-16-14(9-19(24)27-20(16)12(11)2)10-23-21(25)18-8-13-7-15(22)4-6-17(13)26-18/h3-9H,10H2,1-2H3,(H,23,25). The van der Waals surface area contributed by atoms with E-state index in [1.165, 1.54) is 6.07 Å². The van der Waals surface area contributed by atoms with E-state index in [-0.39, 0.29) is 18.2 Å². The number of nitrogens with one attached hydrogen (secondary N) is 1. The number of furan rings is 1. The summed E-state index contributed by atoms with van der Waals surface area (Å²) in [5.41, 5.74) is 3.32. The van der Waals surface area contributed by atoms with Crippen LogP contribution in [-0.4, -0.2) is 5.91 Å². The molecule has 0 spiro atoms. The molecule has 0 bridgehead atoms. The van der Waals surface area contributed by atoms with Gasteiger partial charge in [0.25, 0.3) is 5.91 Å². The van der Waals surface area contributed by atoms with E-state index in [9.17, 15) is 9.59 Å². The van der Waals surface area contributed by atoms with Crippen molar-refractivity contribution >= 4 is 39.4 Å². The zero-order valence-corrected chi connectivity index (χ0v) is 15.5. The van der Waals surface area contributed by atoms with Gasteiger partial charge in [0.2, 0.25) is 0 Å². The Bertz CT molecular complexity index is 1250. The van der Waals surface area contributed by atoms with E-state index in [1.54, 1.807) is 24.3 Å². The van der Waals surface area contributed by atoms with Gasteiger partial charge in [0.15, 0.2) is 5.76 Å². The Morgan fingerprint density at radius 3 is 2.70 bits per heavy atom. The van der Waals surface area contributed by atoms with Crippen molar-refractivity contribution in [1.29, 1.82) is 0 Å². The van der Waals surface area contributed by atoms with Gasteiger partial charge in [-0.3, -0.25) is 4.79 Å². The van der Waals surface area contributed by atoms with Gasteiger partial charge in [0, 0.05) is 28.4 Å². The maximum Gasteiger partial charge on any atom is 0.336 e. The number of fused-ring (bicyclic) bond motifs is 2. The van der Waals surface area contributed by atoms with Crippen molar-refractivity contribution in [2.75, 3.05) is 0 Å². The van der Waals surface area contributed by atoms with Crippen LogP contribution in [0.25, 0.3) is 21.9 Å². The fourth-order valence-corrected chi connectivity index (χ4v) is 3.24. The summed E-state index contributed by atoms with van der Waals surface area (Å²) in [5, 5.41) is 4.93. The Labute approximate surface area is 159 Å². The largest absolute Gasteiger partial charge is 0.451 e. The van der Waals surface area contributed by atoms with Crippen molar-refractivity contribution in [3.8, 4) is 0 Å². The third-order valence-corrected chi connectivity index (χ3v) is 4.89. The SMILES string of the molecule is Cc1ccc2c(CNC(=O)c3cc4cc(Cl)ccc4o3)cc(=O)oc2c1C. The Balaban J connectivity index is 1.63. The summed E-state index contributed by atoms with van der Waals surface area (Å²) >= 11 is 5.96. The molecule has 0 radical (unpaired) electrons. The zero-order valence-electron chi connectivity index (χ0n) is 14.8. The summed E-state index contributed by atoms with van der Waals surface area (Å²) in [6, 6.07) is 12.1. The van der Waals surface area contributed by atoms with Crippen molar-refractivity contribution in [1.82, 2.24) is 5.32 Å². The molecule has 4 rings (SSSR count). The highest BCUT2D eigenvalue weighted by molar-refractivity contribution is 6.31. The van der Waals surface area contributed by atoms with Crippen LogP contribution in [0, 0.1) is 13.8 Å². The molecular weight excluding hydrogens is 366 g/mol. The Hall–Kier alpha value is -3.05. The van der Waals surface area contributed by atoms with Gasteiger partial charge < -0.3 is 14.2 Å². The maximum absolute atomic E-state index is 12.5. The summed E-state index contributed by atoms with van der Waals surface area (Å²) in [5.74, 6) is -0.181. The fourth-order valence-electron chi connectivity index (χ4n) is 3.06. The molecule has 0 atom stereocenters. The number of benzene rings is 2. The quantitative estimate of drug-likeness (QED) is 0.520. The highest BCUT2D eigenvalue weighted by Crippen LogP contribution is 2.24. The molecule has 136 valence electrons. The molecule has 6 heteroatoms. The lowest BCUT2D eigenvalue weighted by molar-refractivity contribution is 0.0925. The van der Waals surface area contributed by atoms with E-state index < -0.39 is 5.63 Å². The number of carbonyl (C=O) groups is 1. The van der Waals surface area contributed by atoms with Gasteiger partial charge in [0.05, 0.1) is 0 Å². The van der Waals surface area contributed by atoms with Crippen LogP contribution in [0.3, 0.4) is 0 Å². The number of aryl methyl sites for hydroxylation is 2. The smallest absolute Gasteiger partial charge is 0.336 e. The molecule has 0 saturated heterocycles. The van der Waals surface area contributed by atoms with E-state index in [0.717, 1.165) is 21.9 Å². The lowest BCUT2D eigenvalue weighted by Crippen LogP contribution is -2.23. The molecule has 1 amide bonds. The second-order valence-corrected chi connectivity index (χ2v) is 6.89. The van der Waals surface area contributed by atoms with Crippen molar-refractivity contribution < 1.29 is 13.6 Å². The van der Waals surface area contributed by atoms with Gasteiger partial charge in [-0.15, -0.1) is 0 Å². The molecule has 0 aliphatic heterocycles. The molecule has 5 nitrogen and oxygen atoms in total. The Kier molecular flexibility index (Phi) is 4.24. The molecule has 0 fully saturated rings. The van der Waals surface area contributed by atoms with Crippen LogP contribution < -0.4 is 10.9 Å². The summed E-state index contributed by atoms with van der Waals surface area (Å²) < 4.78 is 10.9. The minimum Gasteiger partial charge on any atom is -0.451 e. The van der Waals surface area contributed by atoms with Crippen molar-refractivity contribution in [2.24, 2.45) is 0 Å². The minimum absolute atomic E-state index is 0.182. The van der Waals surface area contributed by atoms with Crippen LogP contribution in [0.15, 0.2) is 56.1 Å². The van der Waals surface area contributed by atoms with Crippen LogP contribution in [-0.2, 0) is 6.54 Å². The second-order valence-electron chi connectivity index (χ2n) is 6.45. The van der Waals surface area contributed by atoms with Crippen LogP contribution >= 0.6 is 11.6 Å². The molecule has 2 aromatic carbocycles. The van der Waals surface area contributed by atoms with Gasteiger partial charge in [-0.25, -0.2) is 4.79 Å². The van der Waals surface area contributed by atoms with Gasteiger partial charge in [0.1, 0.15) is 11.2 Å². The summed E-state index contributed by atoms with van der Waals surface area (Å²) in [6.45, 7) is 4.04. The maximum atomic E-state index is 12.5. The third-order valence-electron chi connectivity index (χ3n) is 4.66. The molecule has 0 saturated carbocycles. The normalized spacial score (nSPS) is 11.2. The number of hydrogen-bond acceptors (Lipinski definition) is 4. The van der Waals surface area contributed by atoms with Gasteiger partial charge in [-0.05, 0) is 54.8 Å². The third kappa shape index (κ3) is 3.22. The summed E-state index contributed by atoms with van der Waals surface area (Å²) in [4.78, 5) is 24.4. The first-order chi connectivity index (χ1) is 12.9. The van der Waals surface area contributed by atoms with Crippen LogP contribution in [0.2, 0.25) is 5.02 Å². The van der Waals surface area contributed by atoms with Crippen molar-refractivity contribution in [3.05, 3.63) is 80.4 Å². The summed E-state index contributed by atoms with van der Waals surface area (Å²) in [7, 11) is 0. The predicted molar refractivity (Wildman–Crippen MR) is 104 cm³/mol. The Morgan fingerprint density at radius 2 is 1.89 bits per heavy atom. The second kappa shape index (κ2) is 6.59. The highest BCUT2D eigenvalue weighted by Gasteiger charge is 2.14. The van der Waals surface area contributed by atoms with Gasteiger partial charge in [-0.1, -0.05) is 23.7 Å². The molecule has 0 aliphatic carbocycles. The molecule has 4 aromatic rings. The Morgan fingerprint density at radius 1 is 1.07 bits per heavy atom. The van der Waals surface area contributed by atoms with Crippen LogP contribution in [0.1, 0.15) is 27.2 Å². The molecule has 2 heterocycles. The first-order valence-corrected chi connectivity index (χ1v) is 8.80. The molecule has 0 unspecified atom stereocenters. The first kappa shape index (κ1) is 17.4. The minimum atomic E-state index is -0.446. The number of amides is 1. The van der Waals surface area contributed by atoms with Crippen LogP contribution in [0.5, 0.6) is 0 Å². The van der Waals surface area contributed by atoms with Crippen molar-refractivity contribution in [3.63, 3.8) is 0 Å². The summed E-state index contributed by atoms with van der Waals surface area (Å²) in [6.07, 6.45) is 0.